The van der Waals surface area contributed by atoms with E-state index in [4.69, 9.17) is 5.73 Å². The molecule has 3 N–H and O–H groups in total. The van der Waals surface area contributed by atoms with Gasteiger partial charge < -0.3 is 5.73 Å². The van der Waals surface area contributed by atoms with Gasteiger partial charge in [0.05, 0.1) is 4.90 Å². The van der Waals surface area contributed by atoms with Crippen LogP contribution in [0.2, 0.25) is 0 Å². The lowest BCUT2D eigenvalue weighted by molar-refractivity contribution is 0.577. The second kappa shape index (κ2) is 6.23. The first kappa shape index (κ1) is 14.3. The van der Waals surface area contributed by atoms with Crippen molar-refractivity contribution >= 4 is 27.5 Å². The van der Waals surface area contributed by atoms with E-state index in [1.165, 1.54) is 6.07 Å². The maximum absolute atomic E-state index is 13.0. The fraction of sp³-hybridized carbons (Fsp3) is 0.400. The minimum absolute atomic E-state index is 0.0921. The van der Waals surface area contributed by atoms with Gasteiger partial charge in [0.25, 0.3) is 0 Å². The molecule has 0 amide bonds. The highest BCUT2D eigenvalue weighted by atomic mass is 32.2. The summed E-state index contributed by atoms with van der Waals surface area (Å²) in [5.74, 6) is 0.211. The lowest BCUT2D eigenvalue weighted by Gasteiger charge is -2.07. The normalized spacial score (nSPS) is 11.6. The zero-order chi connectivity index (χ0) is 12.9. The molecule has 0 heterocycles. The summed E-state index contributed by atoms with van der Waals surface area (Å²) >= 11 is 1.64. The lowest BCUT2D eigenvalue weighted by atomic mass is 10.3. The summed E-state index contributed by atoms with van der Waals surface area (Å²) in [5.41, 5.74) is 5.49. The van der Waals surface area contributed by atoms with Crippen LogP contribution in [0.4, 0.5) is 10.1 Å². The zero-order valence-corrected chi connectivity index (χ0v) is 11.1. The fourth-order valence-corrected chi connectivity index (χ4v) is 2.82. The second-order valence-electron chi connectivity index (χ2n) is 3.46. The Labute approximate surface area is 105 Å². The molecule has 0 aliphatic heterocycles. The number of halogens is 1. The van der Waals surface area contributed by atoms with Gasteiger partial charge in [-0.1, -0.05) is 0 Å². The molecule has 17 heavy (non-hydrogen) atoms. The quantitative estimate of drug-likeness (QED) is 0.610. The minimum Gasteiger partial charge on any atom is -0.399 e. The van der Waals surface area contributed by atoms with E-state index in [1.807, 2.05) is 6.26 Å². The largest absolute Gasteiger partial charge is 0.399 e. The van der Waals surface area contributed by atoms with Crippen molar-refractivity contribution in [3.8, 4) is 0 Å². The van der Waals surface area contributed by atoms with E-state index in [2.05, 4.69) is 4.72 Å². The molecule has 1 aromatic carbocycles. The summed E-state index contributed by atoms with van der Waals surface area (Å²) in [6.45, 7) is 0.333. The van der Waals surface area contributed by atoms with Crippen molar-refractivity contribution in [2.24, 2.45) is 0 Å². The maximum Gasteiger partial charge on any atom is 0.240 e. The summed E-state index contributed by atoms with van der Waals surface area (Å²) in [7, 11) is -3.67. The van der Waals surface area contributed by atoms with Gasteiger partial charge in [-0.2, -0.15) is 11.8 Å². The Kier molecular flexibility index (Phi) is 5.23. The van der Waals surface area contributed by atoms with Crippen molar-refractivity contribution in [2.75, 3.05) is 24.3 Å². The monoisotopic (exact) mass is 278 g/mol. The highest BCUT2D eigenvalue weighted by molar-refractivity contribution is 7.98. The van der Waals surface area contributed by atoms with Crippen LogP contribution in [0.5, 0.6) is 0 Å². The van der Waals surface area contributed by atoms with Gasteiger partial charge in [0.1, 0.15) is 5.82 Å². The molecule has 0 bridgehead atoms. The number of hydrogen-bond acceptors (Lipinski definition) is 4. The van der Waals surface area contributed by atoms with Crippen LogP contribution >= 0.6 is 11.8 Å². The van der Waals surface area contributed by atoms with Gasteiger partial charge in [-0.3, -0.25) is 0 Å². The SMILES string of the molecule is CSCCCNS(=O)(=O)c1cc(N)cc(F)c1. The van der Waals surface area contributed by atoms with Gasteiger partial charge in [-0.15, -0.1) is 0 Å². The minimum atomic E-state index is -3.67. The van der Waals surface area contributed by atoms with Crippen LogP contribution in [0.25, 0.3) is 0 Å². The van der Waals surface area contributed by atoms with Crippen LogP contribution in [-0.2, 0) is 10.0 Å². The van der Waals surface area contributed by atoms with Crippen LogP contribution in [0, 0.1) is 5.82 Å². The second-order valence-corrected chi connectivity index (χ2v) is 6.22. The summed E-state index contributed by atoms with van der Waals surface area (Å²) in [6.07, 6.45) is 2.67. The molecule has 0 unspecified atom stereocenters. The standard InChI is InChI=1S/C10H15FN2O2S2/c1-16-4-2-3-13-17(14,15)10-6-8(11)5-9(12)7-10/h5-7,13H,2-4,12H2,1H3. The molecule has 1 rings (SSSR count). The van der Waals surface area contributed by atoms with E-state index >= 15 is 0 Å². The van der Waals surface area contributed by atoms with Gasteiger partial charge >= 0.3 is 0 Å². The third kappa shape index (κ3) is 4.53. The number of anilines is 1. The number of nitrogens with one attached hydrogen (secondary N) is 1. The topological polar surface area (TPSA) is 72.2 Å². The summed E-state index contributed by atoms with van der Waals surface area (Å²) in [6, 6.07) is 3.26. The van der Waals surface area contributed by atoms with E-state index in [1.54, 1.807) is 11.8 Å². The number of sulfonamides is 1. The third-order valence-corrected chi connectivity index (χ3v) is 4.16. The van der Waals surface area contributed by atoms with E-state index < -0.39 is 15.8 Å². The molecule has 0 radical (unpaired) electrons. The van der Waals surface area contributed by atoms with Crippen LogP contribution in [0.1, 0.15) is 6.42 Å². The average molecular weight is 278 g/mol. The maximum atomic E-state index is 13.0. The van der Waals surface area contributed by atoms with E-state index in [0.717, 1.165) is 24.3 Å². The highest BCUT2D eigenvalue weighted by Crippen LogP contribution is 2.15. The van der Waals surface area contributed by atoms with Gasteiger partial charge in [-0.05, 0) is 36.6 Å². The molecular formula is C10H15FN2O2S2. The highest BCUT2D eigenvalue weighted by Gasteiger charge is 2.14. The van der Waals surface area contributed by atoms with Gasteiger partial charge in [0, 0.05) is 12.2 Å². The number of rotatable bonds is 6. The van der Waals surface area contributed by atoms with Crippen molar-refractivity contribution in [3.05, 3.63) is 24.0 Å². The predicted octanol–water partition coefficient (Wildman–Crippen LogP) is 1.44. The zero-order valence-electron chi connectivity index (χ0n) is 9.44. The van der Waals surface area contributed by atoms with Gasteiger partial charge in [-0.25, -0.2) is 17.5 Å². The number of benzene rings is 1. The number of thioether (sulfide) groups is 1. The molecule has 0 aromatic heterocycles. The molecule has 0 fully saturated rings. The fourth-order valence-electron chi connectivity index (χ4n) is 1.25. The summed E-state index contributed by atoms with van der Waals surface area (Å²) in [4.78, 5) is -0.140. The average Bonchev–Trinajstić information content (AvgIpc) is 2.23. The van der Waals surface area contributed by atoms with Crippen LogP contribution in [-0.4, -0.2) is 27.0 Å². The Morgan fingerprint density at radius 2 is 2.12 bits per heavy atom. The molecule has 7 heteroatoms. The van der Waals surface area contributed by atoms with Crippen molar-refractivity contribution in [3.63, 3.8) is 0 Å². The Balaban J connectivity index is 2.75. The van der Waals surface area contributed by atoms with Gasteiger partial charge in [0.2, 0.25) is 10.0 Å². The molecule has 0 aliphatic carbocycles. The molecule has 96 valence electrons. The van der Waals surface area contributed by atoms with Gasteiger partial charge in [0.15, 0.2) is 0 Å². The first-order chi connectivity index (χ1) is 7.95. The Hall–Kier alpha value is -0.790. The number of nitrogens with two attached hydrogens (primary N) is 1. The Morgan fingerprint density at radius 3 is 2.71 bits per heavy atom. The van der Waals surface area contributed by atoms with Crippen molar-refractivity contribution < 1.29 is 12.8 Å². The van der Waals surface area contributed by atoms with Crippen LogP contribution in [0.15, 0.2) is 23.1 Å². The number of hydrogen-bond donors (Lipinski definition) is 2. The van der Waals surface area contributed by atoms with E-state index in [9.17, 15) is 12.8 Å². The first-order valence-electron chi connectivity index (χ1n) is 5.00. The number of nitrogen functional groups attached to an aromatic ring is 1. The lowest BCUT2D eigenvalue weighted by Crippen LogP contribution is -2.25. The summed E-state index contributed by atoms with van der Waals surface area (Å²) in [5, 5.41) is 0. The third-order valence-electron chi connectivity index (χ3n) is 2.02. The van der Waals surface area contributed by atoms with Crippen LogP contribution < -0.4 is 10.5 Å². The predicted molar refractivity (Wildman–Crippen MR) is 69.0 cm³/mol. The molecule has 0 spiro atoms. The molecule has 0 saturated carbocycles. The Bertz CT molecular complexity index is 457. The molecular weight excluding hydrogens is 263 g/mol. The first-order valence-corrected chi connectivity index (χ1v) is 7.88. The molecule has 0 atom stereocenters. The molecule has 0 aliphatic rings. The van der Waals surface area contributed by atoms with E-state index in [-0.39, 0.29) is 10.6 Å². The molecule has 1 aromatic rings. The summed E-state index contributed by atoms with van der Waals surface area (Å²) < 4.78 is 38.9. The smallest absolute Gasteiger partial charge is 0.240 e. The Morgan fingerprint density at radius 1 is 1.41 bits per heavy atom. The molecule has 4 nitrogen and oxygen atoms in total. The van der Waals surface area contributed by atoms with Crippen molar-refractivity contribution in [2.45, 2.75) is 11.3 Å². The van der Waals surface area contributed by atoms with Crippen LogP contribution in [0.3, 0.4) is 0 Å². The van der Waals surface area contributed by atoms with Crippen molar-refractivity contribution in [1.29, 1.82) is 0 Å². The van der Waals surface area contributed by atoms with E-state index in [0.29, 0.717) is 6.54 Å². The van der Waals surface area contributed by atoms with Crippen molar-refractivity contribution in [1.82, 2.24) is 4.72 Å². The molecule has 0 saturated heterocycles.